The van der Waals surface area contributed by atoms with E-state index in [1.807, 2.05) is 0 Å². The molecule has 2 nitrogen and oxygen atoms in total. The zero-order chi connectivity index (χ0) is 18.6. The Morgan fingerprint density at radius 3 is 2.46 bits per heavy atom. The number of carboxylic acid groups (broad SMARTS) is 1. The maximum absolute atomic E-state index is 10.9. The summed E-state index contributed by atoms with van der Waals surface area (Å²) in [5.41, 5.74) is 1.68. The zero-order valence-corrected chi connectivity index (χ0v) is 17.4. The summed E-state index contributed by atoms with van der Waals surface area (Å²) in [7, 11) is 0. The van der Waals surface area contributed by atoms with E-state index in [4.69, 9.17) is 5.11 Å². The lowest BCUT2D eigenvalue weighted by Gasteiger charge is -2.64. The van der Waals surface area contributed by atoms with Crippen LogP contribution in [0.5, 0.6) is 0 Å². The molecule has 4 fully saturated rings. The fourth-order valence-electron chi connectivity index (χ4n) is 8.69. The van der Waals surface area contributed by atoms with Gasteiger partial charge in [0.1, 0.15) is 0 Å². The molecule has 4 rings (SSSR count). The van der Waals surface area contributed by atoms with Crippen molar-refractivity contribution in [3.8, 4) is 0 Å². The Morgan fingerprint density at radius 1 is 0.923 bits per heavy atom. The lowest BCUT2D eigenvalue weighted by molar-refractivity contribution is -0.152. The number of carbonyl (C=O) groups is 1. The Hall–Kier alpha value is -0.530. The average Bonchev–Trinajstić information content (AvgIpc) is 2.92. The third-order valence-corrected chi connectivity index (χ3v) is 10.5. The van der Waals surface area contributed by atoms with Gasteiger partial charge in [-0.05, 0) is 104 Å². The molecule has 2 heteroatoms. The van der Waals surface area contributed by atoms with Crippen molar-refractivity contribution in [3.63, 3.8) is 0 Å². The summed E-state index contributed by atoms with van der Waals surface area (Å²) in [6.45, 7) is 7.88. The first kappa shape index (κ1) is 18.8. The monoisotopic (exact) mass is 360 g/mol. The predicted molar refractivity (Wildman–Crippen MR) is 106 cm³/mol. The molecule has 1 N–H and O–H groups in total. The zero-order valence-electron chi connectivity index (χ0n) is 17.4. The molecule has 0 aliphatic heterocycles. The van der Waals surface area contributed by atoms with Gasteiger partial charge in [0.25, 0.3) is 0 Å². The van der Waals surface area contributed by atoms with E-state index < -0.39 is 5.97 Å². The van der Waals surface area contributed by atoms with Gasteiger partial charge in [0.2, 0.25) is 0 Å². The molecule has 26 heavy (non-hydrogen) atoms. The molecule has 0 aromatic heterocycles. The van der Waals surface area contributed by atoms with Gasteiger partial charge in [0, 0.05) is 6.42 Å². The quantitative estimate of drug-likeness (QED) is 0.607. The molecule has 0 saturated heterocycles. The molecule has 7 unspecified atom stereocenters. The maximum Gasteiger partial charge on any atom is 0.303 e. The van der Waals surface area contributed by atoms with E-state index in [0.29, 0.717) is 22.7 Å². The van der Waals surface area contributed by atoms with Crippen LogP contribution in [-0.4, -0.2) is 11.1 Å². The fourth-order valence-corrected chi connectivity index (χ4v) is 8.69. The van der Waals surface area contributed by atoms with E-state index in [2.05, 4.69) is 20.8 Å². The second-order valence-corrected chi connectivity index (χ2v) is 11.2. The highest BCUT2D eigenvalue weighted by Crippen LogP contribution is 2.70. The molecule has 7 atom stereocenters. The van der Waals surface area contributed by atoms with Crippen molar-refractivity contribution < 1.29 is 9.90 Å². The topological polar surface area (TPSA) is 37.3 Å². The van der Waals surface area contributed by atoms with Gasteiger partial charge in [0.15, 0.2) is 0 Å². The van der Waals surface area contributed by atoms with Crippen molar-refractivity contribution in [2.24, 2.45) is 39.9 Å². The summed E-state index contributed by atoms with van der Waals surface area (Å²) >= 11 is 0. The lowest BCUT2D eigenvalue weighted by atomic mass is 9.40. The van der Waals surface area contributed by atoms with Crippen LogP contribution in [0.2, 0.25) is 0 Å². The molecular formula is C24H40O2. The standard InChI is InChI=1S/C24H40O2/c1-22-13-4-5-14-24(22,3)20-12-16-23(2)17(7-6-8-21(25)26)9-10-19(23)18(20)11-15-22/h17-20H,4-16H2,1-3H3,(H,25,26). The van der Waals surface area contributed by atoms with Crippen LogP contribution in [0, 0.1) is 39.9 Å². The molecule has 0 spiro atoms. The number of hydrogen-bond donors (Lipinski definition) is 1. The Balaban J connectivity index is 1.51. The Bertz CT molecular complexity index is 556. The average molecular weight is 361 g/mol. The molecule has 0 heterocycles. The van der Waals surface area contributed by atoms with E-state index in [1.54, 1.807) is 0 Å². The molecule has 0 amide bonds. The minimum atomic E-state index is -0.620. The van der Waals surface area contributed by atoms with Crippen molar-refractivity contribution in [1.82, 2.24) is 0 Å². The first-order valence-corrected chi connectivity index (χ1v) is 11.5. The number of rotatable bonds is 4. The Kier molecular flexibility index (Phi) is 4.72. The number of hydrogen-bond acceptors (Lipinski definition) is 1. The van der Waals surface area contributed by atoms with Crippen LogP contribution >= 0.6 is 0 Å². The minimum absolute atomic E-state index is 0.361. The van der Waals surface area contributed by atoms with Crippen LogP contribution in [0.3, 0.4) is 0 Å². The smallest absolute Gasteiger partial charge is 0.303 e. The van der Waals surface area contributed by atoms with Gasteiger partial charge in [-0.3, -0.25) is 4.79 Å². The highest BCUT2D eigenvalue weighted by Gasteiger charge is 2.62. The van der Waals surface area contributed by atoms with Crippen molar-refractivity contribution >= 4 is 5.97 Å². The SMILES string of the molecule is CC12CCC3C(CCC4(C)CCCCC34C)C1CCC2CCCC(=O)O. The molecule has 148 valence electrons. The Morgan fingerprint density at radius 2 is 1.69 bits per heavy atom. The first-order chi connectivity index (χ1) is 12.3. The van der Waals surface area contributed by atoms with Crippen LogP contribution in [0.25, 0.3) is 0 Å². The summed E-state index contributed by atoms with van der Waals surface area (Å²) < 4.78 is 0. The first-order valence-electron chi connectivity index (χ1n) is 11.5. The van der Waals surface area contributed by atoms with E-state index in [1.165, 1.54) is 64.2 Å². The summed E-state index contributed by atoms with van der Waals surface area (Å²) in [5, 5.41) is 9.00. The largest absolute Gasteiger partial charge is 0.481 e. The molecule has 0 bridgehead atoms. The van der Waals surface area contributed by atoms with Gasteiger partial charge in [-0.2, -0.15) is 0 Å². The molecule has 4 aliphatic rings. The van der Waals surface area contributed by atoms with E-state index in [-0.39, 0.29) is 0 Å². The second kappa shape index (κ2) is 6.52. The maximum atomic E-state index is 10.9. The van der Waals surface area contributed by atoms with Gasteiger partial charge < -0.3 is 5.11 Å². The van der Waals surface area contributed by atoms with Crippen molar-refractivity contribution in [3.05, 3.63) is 0 Å². The molecular weight excluding hydrogens is 320 g/mol. The van der Waals surface area contributed by atoms with Gasteiger partial charge in [-0.25, -0.2) is 0 Å². The summed E-state index contributed by atoms with van der Waals surface area (Å²) in [5.74, 6) is 2.98. The predicted octanol–water partition coefficient (Wildman–Crippen LogP) is 6.68. The van der Waals surface area contributed by atoms with Crippen LogP contribution in [0.1, 0.15) is 104 Å². The summed E-state index contributed by atoms with van der Waals surface area (Å²) in [6, 6.07) is 0. The van der Waals surface area contributed by atoms with Gasteiger partial charge in [-0.15, -0.1) is 0 Å². The highest BCUT2D eigenvalue weighted by atomic mass is 16.4. The fraction of sp³-hybridized carbons (Fsp3) is 0.958. The van der Waals surface area contributed by atoms with E-state index in [0.717, 1.165) is 36.5 Å². The van der Waals surface area contributed by atoms with Gasteiger partial charge in [-0.1, -0.05) is 33.6 Å². The van der Waals surface area contributed by atoms with E-state index >= 15 is 0 Å². The minimum Gasteiger partial charge on any atom is -0.481 e. The summed E-state index contributed by atoms with van der Waals surface area (Å²) in [6.07, 6.45) is 16.8. The molecule has 0 aromatic rings. The second-order valence-electron chi connectivity index (χ2n) is 11.2. The molecule has 0 radical (unpaired) electrons. The normalized spacial score (nSPS) is 50.6. The van der Waals surface area contributed by atoms with E-state index in [9.17, 15) is 4.79 Å². The van der Waals surface area contributed by atoms with Crippen LogP contribution < -0.4 is 0 Å². The third kappa shape index (κ3) is 2.68. The third-order valence-electron chi connectivity index (χ3n) is 10.5. The van der Waals surface area contributed by atoms with Crippen LogP contribution in [0.4, 0.5) is 0 Å². The van der Waals surface area contributed by atoms with Crippen molar-refractivity contribution in [2.75, 3.05) is 0 Å². The number of aliphatic carboxylic acids is 1. The van der Waals surface area contributed by atoms with Crippen LogP contribution in [-0.2, 0) is 4.79 Å². The summed E-state index contributed by atoms with van der Waals surface area (Å²) in [4.78, 5) is 10.9. The highest BCUT2D eigenvalue weighted by molar-refractivity contribution is 5.66. The molecule has 0 aromatic carbocycles. The van der Waals surface area contributed by atoms with Gasteiger partial charge >= 0.3 is 5.97 Å². The number of fused-ring (bicyclic) bond motifs is 5. The lowest BCUT2D eigenvalue weighted by Crippen LogP contribution is -2.56. The Labute approximate surface area is 160 Å². The van der Waals surface area contributed by atoms with Crippen LogP contribution in [0.15, 0.2) is 0 Å². The number of carboxylic acids is 1. The van der Waals surface area contributed by atoms with Crippen molar-refractivity contribution in [1.29, 1.82) is 0 Å². The van der Waals surface area contributed by atoms with Gasteiger partial charge in [0.05, 0.1) is 0 Å². The van der Waals surface area contributed by atoms with Crippen molar-refractivity contribution in [2.45, 2.75) is 104 Å². The molecule has 4 aliphatic carbocycles. The molecule has 4 saturated carbocycles.